The van der Waals surface area contributed by atoms with Gasteiger partial charge in [-0.2, -0.15) is 0 Å². The van der Waals surface area contributed by atoms with E-state index in [1.807, 2.05) is 0 Å². The molecule has 1 fully saturated rings. The van der Waals surface area contributed by atoms with Gasteiger partial charge in [-0.15, -0.1) is 0 Å². The van der Waals surface area contributed by atoms with E-state index in [1.165, 1.54) is 12.1 Å². The summed E-state index contributed by atoms with van der Waals surface area (Å²) >= 11 is 0. The van der Waals surface area contributed by atoms with E-state index in [2.05, 4.69) is 0 Å². The van der Waals surface area contributed by atoms with Crippen molar-refractivity contribution in [3.05, 3.63) is 35.4 Å². The molecule has 1 N–H and O–H groups in total. The molecule has 2 rings (SSSR count). The minimum atomic E-state index is -3.27. The Bertz CT molecular complexity index is 561. The van der Waals surface area contributed by atoms with Gasteiger partial charge in [-0.25, -0.2) is 13.2 Å². The molecule has 0 aliphatic carbocycles. The van der Waals surface area contributed by atoms with E-state index in [4.69, 9.17) is 9.84 Å². The summed E-state index contributed by atoms with van der Waals surface area (Å²) in [5.41, 5.74) is 0.753. The van der Waals surface area contributed by atoms with Gasteiger partial charge in [0.25, 0.3) is 0 Å². The highest BCUT2D eigenvalue weighted by Crippen LogP contribution is 2.24. The summed E-state index contributed by atoms with van der Waals surface area (Å²) in [6.45, 7) is 2.24. The second-order valence-electron chi connectivity index (χ2n) is 4.71. The first-order chi connectivity index (χ1) is 8.90. The van der Waals surface area contributed by atoms with E-state index in [-0.39, 0.29) is 17.4 Å². The van der Waals surface area contributed by atoms with Crippen molar-refractivity contribution in [1.29, 1.82) is 0 Å². The van der Waals surface area contributed by atoms with Crippen molar-refractivity contribution in [3.63, 3.8) is 0 Å². The van der Waals surface area contributed by atoms with Crippen molar-refractivity contribution in [2.24, 2.45) is 0 Å². The van der Waals surface area contributed by atoms with E-state index in [9.17, 15) is 13.2 Å². The fourth-order valence-electron chi connectivity index (χ4n) is 2.27. The molecule has 0 radical (unpaired) electrons. The number of ether oxygens (including phenoxy) is 1. The Hall–Kier alpha value is -1.40. The molecule has 5 nitrogen and oxygen atoms in total. The number of rotatable bonds is 4. The van der Waals surface area contributed by atoms with Gasteiger partial charge in [0, 0.05) is 6.61 Å². The van der Waals surface area contributed by atoms with Gasteiger partial charge in [-0.05, 0) is 31.0 Å². The zero-order chi connectivity index (χ0) is 14.0. The quantitative estimate of drug-likeness (QED) is 0.905. The molecule has 1 saturated heterocycles. The van der Waals surface area contributed by atoms with Crippen LogP contribution in [0.3, 0.4) is 0 Å². The highest BCUT2D eigenvalue weighted by atomic mass is 32.2. The monoisotopic (exact) mass is 284 g/mol. The lowest BCUT2D eigenvalue weighted by atomic mass is 10.1. The summed E-state index contributed by atoms with van der Waals surface area (Å²) < 4.78 is 29.8. The zero-order valence-electron chi connectivity index (χ0n) is 10.6. The van der Waals surface area contributed by atoms with E-state index in [0.29, 0.717) is 18.6 Å². The Kier molecular flexibility index (Phi) is 3.91. The Balaban J connectivity index is 2.14. The molecule has 0 saturated carbocycles. The van der Waals surface area contributed by atoms with Crippen LogP contribution in [0.1, 0.15) is 29.3 Å². The molecule has 2 unspecified atom stereocenters. The molecule has 1 aliphatic rings. The molecule has 0 bridgehead atoms. The van der Waals surface area contributed by atoms with Crippen molar-refractivity contribution in [2.75, 3.05) is 6.61 Å². The van der Waals surface area contributed by atoms with Crippen LogP contribution in [-0.2, 0) is 20.3 Å². The number of hydrogen-bond donors (Lipinski definition) is 1. The van der Waals surface area contributed by atoms with Gasteiger partial charge in [0.1, 0.15) is 0 Å². The van der Waals surface area contributed by atoms with E-state index in [1.54, 1.807) is 19.1 Å². The van der Waals surface area contributed by atoms with Crippen LogP contribution in [0.25, 0.3) is 0 Å². The number of sulfone groups is 1. The van der Waals surface area contributed by atoms with Crippen LogP contribution < -0.4 is 0 Å². The lowest BCUT2D eigenvalue weighted by Crippen LogP contribution is -2.29. The molecular weight excluding hydrogens is 268 g/mol. The molecule has 1 aromatic carbocycles. The van der Waals surface area contributed by atoms with Crippen molar-refractivity contribution < 1.29 is 23.1 Å². The molecule has 104 valence electrons. The number of aromatic carboxylic acids is 1. The first-order valence-electron chi connectivity index (χ1n) is 6.05. The maximum atomic E-state index is 12.2. The van der Waals surface area contributed by atoms with Gasteiger partial charge in [-0.3, -0.25) is 0 Å². The maximum absolute atomic E-state index is 12.2. The summed E-state index contributed by atoms with van der Waals surface area (Å²) in [5.74, 6) is -1.10. The predicted octanol–water partition coefficient (Wildman–Crippen LogP) is 1.48. The molecule has 0 aromatic heterocycles. The van der Waals surface area contributed by atoms with Gasteiger partial charge in [-0.1, -0.05) is 12.1 Å². The van der Waals surface area contributed by atoms with Crippen LogP contribution in [0.5, 0.6) is 0 Å². The highest BCUT2D eigenvalue weighted by Gasteiger charge is 2.35. The van der Waals surface area contributed by atoms with Gasteiger partial charge in [0.2, 0.25) is 0 Å². The fourth-order valence-corrected chi connectivity index (χ4v) is 4.26. The third-order valence-electron chi connectivity index (χ3n) is 3.34. The second-order valence-corrected chi connectivity index (χ2v) is 6.93. The summed E-state index contributed by atoms with van der Waals surface area (Å²) in [4.78, 5) is 10.7. The standard InChI is InChI=1S/C13H16O5S/c1-9-12(6-7-18-9)19(16,17)8-10-2-4-11(5-3-10)13(14)15/h2-5,9,12H,6-8H2,1H3,(H,14,15). The van der Waals surface area contributed by atoms with Gasteiger partial charge in [0.15, 0.2) is 9.84 Å². The molecule has 19 heavy (non-hydrogen) atoms. The van der Waals surface area contributed by atoms with Crippen molar-refractivity contribution in [1.82, 2.24) is 0 Å². The predicted molar refractivity (Wildman–Crippen MR) is 69.8 cm³/mol. The summed E-state index contributed by atoms with van der Waals surface area (Å²) in [7, 11) is -3.27. The molecule has 1 heterocycles. The summed E-state index contributed by atoms with van der Waals surface area (Å²) in [5, 5.41) is 8.31. The third kappa shape index (κ3) is 3.13. The number of carboxylic acids is 1. The van der Waals surface area contributed by atoms with Crippen LogP contribution in [-0.4, -0.2) is 37.5 Å². The van der Waals surface area contributed by atoms with Crippen LogP contribution in [0.2, 0.25) is 0 Å². The average molecular weight is 284 g/mol. The van der Waals surface area contributed by atoms with Crippen LogP contribution in [0, 0.1) is 0 Å². The molecule has 0 spiro atoms. The topological polar surface area (TPSA) is 80.7 Å². The van der Waals surface area contributed by atoms with Crippen molar-refractivity contribution >= 4 is 15.8 Å². The fraction of sp³-hybridized carbons (Fsp3) is 0.462. The number of carbonyl (C=O) groups is 1. The largest absolute Gasteiger partial charge is 0.478 e. The number of hydrogen-bond acceptors (Lipinski definition) is 4. The Morgan fingerprint density at radius 3 is 2.47 bits per heavy atom. The zero-order valence-corrected chi connectivity index (χ0v) is 11.4. The van der Waals surface area contributed by atoms with E-state index >= 15 is 0 Å². The second kappa shape index (κ2) is 5.30. The Morgan fingerprint density at radius 1 is 1.37 bits per heavy atom. The van der Waals surface area contributed by atoms with Gasteiger partial charge >= 0.3 is 5.97 Å². The molecular formula is C13H16O5S. The maximum Gasteiger partial charge on any atom is 0.335 e. The average Bonchev–Trinajstić information content (AvgIpc) is 2.76. The molecule has 1 aromatic rings. The van der Waals surface area contributed by atoms with Gasteiger partial charge < -0.3 is 9.84 Å². The lowest BCUT2D eigenvalue weighted by molar-refractivity contribution is 0.0697. The normalized spacial score (nSPS) is 23.4. The number of benzene rings is 1. The Morgan fingerprint density at radius 2 is 2.00 bits per heavy atom. The number of carboxylic acid groups (broad SMARTS) is 1. The highest BCUT2D eigenvalue weighted by molar-refractivity contribution is 7.91. The van der Waals surface area contributed by atoms with E-state index < -0.39 is 21.1 Å². The summed E-state index contributed by atoms with van der Waals surface area (Å²) in [6.07, 6.45) is 0.250. The lowest BCUT2D eigenvalue weighted by Gasteiger charge is -2.15. The first kappa shape index (κ1) is 14.0. The first-order valence-corrected chi connectivity index (χ1v) is 7.77. The van der Waals surface area contributed by atoms with E-state index in [0.717, 1.165) is 0 Å². The molecule has 2 atom stereocenters. The minimum absolute atomic E-state index is 0.0781. The summed E-state index contributed by atoms with van der Waals surface area (Å²) in [6, 6.07) is 5.92. The van der Waals surface area contributed by atoms with Crippen LogP contribution in [0.4, 0.5) is 0 Å². The third-order valence-corrected chi connectivity index (χ3v) is 5.61. The van der Waals surface area contributed by atoms with Crippen LogP contribution in [0.15, 0.2) is 24.3 Å². The SMILES string of the molecule is CC1OCCC1S(=O)(=O)Cc1ccc(C(=O)O)cc1. The molecule has 6 heteroatoms. The molecule has 0 amide bonds. The molecule has 1 aliphatic heterocycles. The van der Waals surface area contributed by atoms with Crippen molar-refractivity contribution in [2.45, 2.75) is 30.5 Å². The van der Waals surface area contributed by atoms with Crippen molar-refractivity contribution in [3.8, 4) is 0 Å². The Labute approximate surface area is 112 Å². The minimum Gasteiger partial charge on any atom is -0.478 e. The van der Waals surface area contributed by atoms with Crippen LogP contribution >= 0.6 is 0 Å². The van der Waals surface area contributed by atoms with Gasteiger partial charge in [0.05, 0.1) is 22.7 Å². The smallest absolute Gasteiger partial charge is 0.335 e.